The minimum Gasteiger partial charge on any atom is -0.409 e. The van der Waals surface area contributed by atoms with Gasteiger partial charge in [-0.3, -0.25) is 0 Å². The fourth-order valence-electron chi connectivity index (χ4n) is 2.33. The van der Waals surface area contributed by atoms with Gasteiger partial charge in [0.25, 0.3) is 0 Å². The lowest BCUT2D eigenvalue weighted by Gasteiger charge is -2.18. The quantitative estimate of drug-likeness (QED) is 0.210. The molecule has 1 aromatic rings. The number of thioether (sulfide) groups is 1. The molecule has 0 amide bonds. The van der Waals surface area contributed by atoms with E-state index in [1.807, 2.05) is 6.07 Å². The number of aryl methyl sites for hydroxylation is 2. The Morgan fingerprint density at radius 1 is 1.50 bits per heavy atom. The summed E-state index contributed by atoms with van der Waals surface area (Å²) in [6.45, 7) is 0.733. The average molecular weight is 295 g/mol. The van der Waals surface area contributed by atoms with Crippen LogP contribution in [-0.2, 0) is 17.6 Å². The van der Waals surface area contributed by atoms with Crippen LogP contribution in [-0.4, -0.2) is 35.5 Å². The first kappa shape index (κ1) is 15.1. The molecule has 0 saturated heterocycles. The number of hydrogen-bond acceptors (Lipinski definition) is 5. The van der Waals surface area contributed by atoms with Crippen molar-refractivity contribution in [1.82, 2.24) is 4.98 Å². The molecule has 1 heterocycles. The lowest BCUT2D eigenvalue weighted by Crippen LogP contribution is -2.18. The second-order valence-corrected chi connectivity index (χ2v) is 5.92. The third-order valence-corrected chi connectivity index (χ3v) is 4.46. The predicted octanol–water partition coefficient (Wildman–Crippen LogP) is 2.18. The van der Waals surface area contributed by atoms with Gasteiger partial charge in [-0.1, -0.05) is 5.16 Å². The van der Waals surface area contributed by atoms with E-state index in [0.717, 1.165) is 42.2 Å². The van der Waals surface area contributed by atoms with Crippen LogP contribution in [0.2, 0.25) is 0 Å². The molecule has 1 aromatic heterocycles. The Hall–Kier alpha value is -1.27. The van der Waals surface area contributed by atoms with Gasteiger partial charge in [0.1, 0.15) is 5.03 Å². The number of ether oxygens (including phenoxy) is 1. The van der Waals surface area contributed by atoms with E-state index in [2.05, 4.69) is 5.16 Å². The van der Waals surface area contributed by atoms with E-state index in [4.69, 9.17) is 20.7 Å². The number of pyridine rings is 1. The summed E-state index contributed by atoms with van der Waals surface area (Å²) in [6, 6.07) is 2.04. The number of nitrogens with zero attached hydrogens (tertiary/aromatic N) is 2. The summed E-state index contributed by atoms with van der Waals surface area (Å²) in [7, 11) is 1.70. The van der Waals surface area contributed by atoms with E-state index < -0.39 is 0 Å². The second-order valence-electron chi connectivity index (χ2n) is 4.83. The molecule has 20 heavy (non-hydrogen) atoms. The molecule has 0 aliphatic heterocycles. The maximum atomic E-state index is 8.93. The summed E-state index contributed by atoms with van der Waals surface area (Å²) < 4.78 is 5.05. The molecule has 0 saturated carbocycles. The third kappa shape index (κ3) is 3.64. The highest BCUT2D eigenvalue weighted by Gasteiger charge is 2.17. The molecule has 110 valence electrons. The van der Waals surface area contributed by atoms with E-state index in [-0.39, 0.29) is 5.84 Å². The fraction of sp³-hybridized carbons (Fsp3) is 0.571. The maximum absolute atomic E-state index is 8.93. The van der Waals surface area contributed by atoms with Gasteiger partial charge in [0.15, 0.2) is 5.84 Å². The molecule has 0 atom stereocenters. The molecule has 0 spiro atoms. The highest BCUT2D eigenvalue weighted by molar-refractivity contribution is 7.99. The number of aromatic nitrogens is 1. The van der Waals surface area contributed by atoms with Crippen LogP contribution < -0.4 is 5.73 Å². The Morgan fingerprint density at radius 3 is 3.05 bits per heavy atom. The lowest BCUT2D eigenvalue weighted by molar-refractivity contribution is 0.200. The largest absolute Gasteiger partial charge is 0.409 e. The van der Waals surface area contributed by atoms with E-state index in [1.165, 1.54) is 24.1 Å². The fourth-order valence-corrected chi connectivity index (χ4v) is 3.28. The molecular weight excluding hydrogens is 274 g/mol. The van der Waals surface area contributed by atoms with Crippen molar-refractivity contribution in [1.29, 1.82) is 0 Å². The van der Waals surface area contributed by atoms with E-state index in [0.29, 0.717) is 0 Å². The minimum atomic E-state index is 0.139. The van der Waals surface area contributed by atoms with Crippen molar-refractivity contribution < 1.29 is 9.94 Å². The van der Waals surface area contributed by atoms with Crippen LogP contribution in [0, 0.1) is 0 Å². The summed E-state index contributed by atoms with van der Waals surface area (Å²) in [5.74, 6) is 1.05. The summed E-state index contributed by atoms with van der Waals surface area (Å²) >= 11 is 1.64. The van der Waals surface area contributed by atoms with Gasteiger partial charge in [-0.15, -0.1) is 11.8 Å². The monoisotopic (exact) mass is 295 g/mol. The van der Waals surface area contributed by atoms with Crippen molar-refractivity contribution in [2.45, 2.75) is 37.1 Å². The number of nitrogens with two attached hydrogens (primary N) is 1. The van der Waals surface area contributed by atoms with Crippen LogP contribution in [0.5, 0.6) is 0 Å². The Bertz CT molecular complexity index is 492. The molecule has 0 unspecified atom stereocenters. The molecule has 0 radical (unpaired) electrons. The maximum Gasteiger partial charge on any atom is 0.172 e. The van der Waals surface area contributed by atoms with Gasteiger partial charge in [0.05, 0.1) is 5.56 Å². The molecule has 3 N–H and O–H groups in total. The SMILES string of the molecule is COCCCSc1nc2c(cc1C(N)=NO)CCCC2. The van der Waals surface area contributed by atoms with Crippen molar-refractivity contribution in [2.24, 2.45) is 10.9 Å². The zero-order valence-electron chi connectivity index (χ0n) is 11.8. The first-order valence-electron chi connectivity index (χ1n) is 6.88. The van der Waals surface area contributed by atoms with Gasteiger partial charge in [0.2, 0.25) is 0 Å². The molecule has 5 nitrogen and oxygen atoms in total. The van der Waals surface area contributed by atoms with Crippen LogP contribution in [0.15, 0.2) is 16.2 Å². The summed E-state index contributed by atoms with van der Waals surface area (Å²) in [6.07, 6.45) is 5.39. The van der Waals surface area contributed by atoms with Crippen LogP contribution in [0.25, 0.3) is 0 Å². The number of oxime groups is 1. The summed E-state index contributed by atoms with van der Waals surface area (Å²) in [5.41, 5.74) is 8.93. The van der Waals surface area contributed by atoms with Crippen LogP contribution >= 0.6 is 11.8 Å². The number of fused-ring (bicyclic) bond motifs is 1. The zero-order chi connectivity index (χ0) is 14.4. The Balaban J connectivity index is 2.22. The third-order valence-electron chi connectivity index (χ3n) is 3.38. The molecule has 0 bridgehead atoms. The number of rotatable bonds is 6. The molecular formula is C14H21N3O2S. The van der Waals surface area contributed by atoms with Gasteiger partial charge >= 0.3 is 0 Å². The van der Waals surface area contributed by atoms with Gasteiger partial charge in [-0.05, 0) is 43.7 Å². The molecule has 6 heteroatoms. The predicted molar refractivity (Wildman–Crippen MR) is 80.6 cm³/mol. The van der Waals surface area contributed by atoms with Crippen LogP contribution in [0.3, 0.4) is 0 Å². The highest BCUT2D eigenvalue weighted by atomic mass is 32.2. The Labute approximate surface area is 123 Å². The zero-order valence-corrected chi connectivity index (χ0v) is 12.6. The van der Waals surface area contributed by atoms with Crippen molar-refractivity contribution >= 4 is 17.6 Å². The molecule has 1 aliphatic rings. The number of amidine groups is 1. The Morgan fingerprint density at radius 2 is 2.30 bits per heavy atom. The number of methoxy groups -OCH3 is 1. The highest BCUT2D eigenvalue weighted by Crippen LogP contribution is 2.28. The standard InChI is InChI=1S/C14H21N3O2S/c1-19-7-4-8-20-14-11(13(15)17-18)9-10-5-2-3-6-12(10)16-14/h9,18H,2-8H2,1H3,(H2,15,17). The van der Waals surface area contributed by atoms with Gasteiger partial charge < -0.3 is 15.7 Å². The van der Waals surface area contributed by atoms with Gasteiger partial charge in [0, 0.05) is 25.2 Å². The minimum absolute atomic E-state index is 0.139. The normalized spacial score (nSPS) is 15.2. The Kier molecular flexibility index (Phi) is 5.67. The van der Waals surface area contributed by atoms with Crippen molar-refractivity contribution in [3.8, 4) is 0 Å². The van der Waals surface area contributed by atoms with E-state index >= 15 is 0 Å². The van der Waals surface area contributed by atoms with E-state index in [1.54, 1.807) is 18.9 Å². The average Bonchev–Trinajstić information content (AvgIpc) is 2.50. The smallest absolute Gasteiger partial charge is 0.172 e. The van der Waals surface area contributed by atoms with Gasteiger partial charge in [-0.2, -0.15) is 0 Å². The molecule has 1 aliphatic carbocycles. The second kappa shape index (κ2) is 7.50. The van der Waals surface area contributed by atoms with Crippen molar-refractivity contribution in [3.63, 3.8) is 0 Å². The van der Waals surface area contributed by atoms with Crippen molar-refractivity contribution in [3.05, 3.63) is 22.9 Å². The van der Waals surface area contributed by atoms with Crippen molar-refractivity contribution in [2.75, 3.05) is 19.5 Å². The molecule has 2 rings (SSSR count). The summed E-state index contributed by atoms with van der Waals surface area (Å²) in [5, 5.41) is 12.9. The lowest BCUT2D eigenvalue weighted by atomic mass is 9.95. The van der Waals surface area contributed by atoms with Crippen LogP contribution in [0.4, 0.5) is 0 Å². The van der Waals surface area contributed by atoms with Gasteiger partial charge in [-0.25, -0.2) is 4.98 Å². The number of hydrogen-bond donors (Lipinski definition) is 2. The topological polar surface area (TPSA) is 80.7 Å². The van der Waals surface area contributed by atoms with E-state index in [9.17, 15) is 0 Å². The van der Waals surface area contributed by atoms with Crippen LogP contribution in [0.1, 0.15) is 36.1 Å². The first-order chi connectivity index (χ1) is 9.76. The first-order valence-corrected chi connectivity index (χ1v) is 7.87. The molecule has 0 aromatic carbocycles. The summed E-state index contributed by atoms with van der Waals surface area (Å²) in [4.78, 5) is 4.73. The molecule has 0 fully saturated rings.